The van der Waals surface area contributed by atoms with Crippen LogP contribution in [0.2, 0.25) is 5.02 Å². The molecule has 0 unspecified atom stereocenters. The maximum atomic E-state index is 13.5. The first-order valence-electron chi connectivity index (χ1n) is 10.4. The molecule has 0 amide bonds. The number of carbonyl (C=O) groups is 1. The van der Waals surface area contributed by atoms with Crippen molar-refractivity contribution in [2.45, 2.75) is 6.54 Å². The predicted octanol–water partition coefficient (Wildman–Crippen LogP) is 4.26. The normalized spacial score (nSPS) is 11.1. The summed E-state index contributed by atoms with van der Waals surface area (Å²) < 4.78 is 13.3. The van der Waals surface area contributed by atoms with Crippen molar-refractivity contribution in [1.82, 2.24) is 19.2 Å². The molecule has 2 heterocycles. The number of ketones is 1. The van der Waals surface area contributed by atoms with Crippen molar-refractivity contribution in [1.29, 1.82) is 0 Å². The summed E-state index contributed by atoms with van der Waals surface area (Å²) in [5.74, 6) is 1.23. The maximum Gasteiger partial charge on any atom is 0.351 e. The van der Waals surface area contributed by atoms with Crippen LogP contribution in [-0.4, -0.2) is 39.2 Å². The van der Waals surface area contributed by atoms with Crippen molar-refractivity contribution >= 4 is 33.9 Å². The lowest BCUT2D eigenvalue weighted by Crippen LogP contribution is -2.30. The molecule has 0 saturated heterocycles. The summed E-state index contributed by atoms with van der Waals surface area (Å²) in [4.78, 5) is 31.1. The standard InChI is InChI=1S/C25H19ClN4O4/c1-33-18-11-16(12-19(13-18)34-2)23-27-24-20-8-3-4-9-21(20)29(25(32)30(24)28-23)14-22(31)15-6-5-7-17(26)10-15/h3-13H,14H2,1-2H3. The molecule has 0 saturated carbocycles. The van der Waals surface area contributed by atoms with Crippen LogP contribution < -0.4 is 15.2 Å². The molecule has 0 radical (unpaired) electrons. The molecule has 0 N–H and O–H groups in total. The fourth-order valence-electron chi connectivity index (χ4n) is 3.84. The lowest BCUT2D eigenvalue weighted by molar-refractivity contribution is 0.0971. The van der Waals surface area contributed by atoms with Gasteiger partial charge in [-0.05, 0) is 36.4 Å². The minimum absolute atomic E-state index is 0.169. The molecule has 2 aromatic heterocycles. The van der Waals surface area contributed by atoms with Crippen molar-refractivity contribution in [3.63, 3.8) is 0 Å². The number of fused-ring (bicyclic) bond motifs is 3. The zero-order valence-corrected chi connectivity index (χ0v) is 19.1. The van der Waals surface area contributed by atoms with Crippen LogP contribution in [0, 0.1) is 0 Å². The third-order valence-corrected chi connectivity index (χ3v) is 5.75. The number of hydrogen-bond acceptors (Lipinski definition) is 6. The van der Waals surface area contributed by atoms with Gasteiger partial charge in [0.2, 0.25) is 0 Å². The maximum absolute atomic E-state index is 13.5. The molecular weight excluding hydrogens is 456 g/mol. The number of halogens is 1. The number of nitrogens with zero attached hydrogens (tertiary/aromatic N) is 4. The van der Waals surface area contributed by atoms with Crippen LogP contribution in [0.25, 0.3) is 27.9 Å². The van der Waals surface area contributed by atoms with Gasteiger partial charge in [-0.1, -0.05) is 35.9 Å². The molecular formula is C25H19ClN4O4. The Balaban J connectivity index is 1.69. The number of methoxy groups -OCH3 is 2. The Hall–Kier alpha value is -4.17. The van der Waals surface area contributed by atoms with Crippen LogP contribution in [0.3, 0.4) is 0 Å². The van der Waals surface area contributed by atoms with Crippen LogP contribution >= 0.6 is 11.6 Å². The van der Waals surface area contributed by atoms with Gasteiger partial charge in [0.1, 0.15) is 11.5 Å². The Bertz CT molecular complexity index is 1600. The topological polar surface area (TPSA) is 87.7 Å². The zero-order valence-electron chi connectivity index (χ0n) is 18.4. The number of hydrogen-bond donors (Lipinski definition) is 0. The van der Waals surface area contributed by atoms with Gasteiger partial charge in [0, 0.05) is 27.6 Å². The Labute approximate surface area is 198 Å². The second kappa shape index (κ2) is 8.64. The molecule has 9 heteroatoms. The lowest BCUT2D eigenvalue weighted by Gasteiger charge is -2.10. The van der Waals surface area contributed by atoms with Crippen molar-refractivity contribution in [3.8, 4) is 22.9 Å². The third kappa shape index (κ3) is 3.78. The first kappa shape index (κ1) is 21.7. The number of aromatic nitrogens is 4. The van der Waals surface area contributed by atoms with Crippen LogP contribution in [0.5, 0.6) is 11.5 Å². The van der Waals surface area contributed by atoms with Crippen molar-refractivity contribution in [2.24, 2.45) is 0 Å². The van der Waals surface area contributed by atoms with Gasteiger partial charge in [-0.2, -0.15) is 4.52 Å². The number of carbonyl (C=O) groups excluding carboxylic acids is 1. The first-order chi connectivity index (χ1) is 16.5. The Morgan fingerprint density at radius 1 is 0.971 bits per heavy atom. The second-order valence-electron chi connectivity index (χ2n) is 7.59. The number of benzene rings is 3. The summed E-state index contributed by atoms with van der Waals surface area (Å²) in [5.41, 5.74) is 1.55. The van der Waals surface area contributed by atoms with Gasteiger partial charge >= 0.3 is 5.69 Å². The van der Waals surface area contributed by atoms with Crippen LogP contribution in [0.15, 0.2) is 71.5 Å². The molecule has 0 atom stereocenters. The molecule has 170 valence electrons. The van der Waals surface area contributed by atoms with E-state index in [1.54, 1.807) is 62.8 Å². The zero-order chi connectivity index (χ0) is 23.8. The van der Waals surface area contributed by atoms with Crippen molar-refractivity contribution in [2.75, 3.05) is 14.2 Å². The van der Waals surface area contributed by atoms with Gasteiger partial charge in [-0.15, -0.1) is 5.10 Å². The van der Waals surface area contributed by atoms with E-state index in [1.807, 2.05) is 18.2 Å². The van der Waals surface area contributed by atoms with E-state index in [0.717, 1.165) is 0 Å². The molecule has 0 spiro atoms. The smallest absolute Gasteiger partial charge is 0.351 e. The third-order valence-electron chi connectivity index (χ3n) is 5.51. The highest BCUT2D eigenvalue weighted by Crippen LogP contribution is 2.29. The highest BCUT2D eigenvalue weighted by Gasteiger charge is 2.19. The van der Waals surface area contributed by atoms with Gasteiger partial charge < -0.3 is 9.47 Å². The van der Waals surface area contributed by atoms with E-state index in [9.17, 15) is 9.59 Å². The Kier molecular flexibility index (Phi) is 5.51. The molecule has 0 fully saturated rings. The summed E-state index contributed by atoms with van der Waals surface area (Å²) in [6.45, 7) is -0.169. The van der Waals surface area contributed by atoms with Gasteiger partial charge in [0.25, 0.3) is 0 Å². The SMILES string of the molecule is COc1cc(OC)cc(-c2nc3c4ccccc4n(CC(=O)c4cccc(Cl)c4)c(=O)n3n2)c1. The molecule has 0 aliphatic heterocycles. The number of Topliss-reactive ketones (excluding diaryl/α,β-unsaturated/α-hetero) is 1. The fraction of sp³-hybridized carbons (Fsp3) is 0.120. The monoisotopic (exact) mass is 474 g/mol. The summed E-state index contributed by atoms with van der Waals surface area (Å²) in [6, 6.07) is 19.2. The van der Waals surface area contributed by atoms with Crippen molar-refractivity contribution in [3.05, 3.63) is 87.8 Å². The minimum atomic E-state index is -0.474. The molecule has 5 rings (SSSR count). The molecule has 0 aliphatic rings. The van der Waals surface area contributed by atoms with Crippen LogP contribution in [-0.2, 0) is 6.54 Å². The second-order valence-corrected chi connectivity index (χ2v) is 8.03. The van der Waals surface area contributed by atoms with Crippen LogP contribution in [0.1, 0.15) is 10.4 Å². The molecule has 0 bridgehead atoms. The number of ether oxygens (including phenoxy) is 2. The lowest BCUT2D eigenvalue weighted by atomic mass is 10.1. The Morgan fingerprint density at radius 3 is 2.41 bits per heavy atom. The van der Waals surface area contributed by atoms with E-state index in [2.05, 4.69) is 10.1 Å². The van der Waals surface area contributed by atoms with Gasteiger partial charge in [0.05, 0.1) is 26.3 Å². The van der Waals surface area contributed by atoms with E-state index in [1.165, 1.54) is 9.08 Å². The highest BCUT2D eigenvalue weighted by atomic mass is 35.5. The average molecular weight is 475 g/mol. The van der Waals surface area contributed by atoms with E-state index < -0.39 is 5.69 Å². The van der Waals surface area contributed by atoms with Gasteiger partial charge in [-0.25, -0.2) is 9.78 Å². The minimum Gasteiger partial charge on any atom is -0.497 e. The van der Waals surface area contributed by atoms with E-state index in [-0.39, 0.29) is 12.3 Å². The van der Waals surface area contributed by atoms with Gasteiger partial charge in [0.15, 0.2) is 17.3 Å². The van der Waals surface area contributed by atoms with E-state index >= 15 is 0 Å². The number of para-hydroxylation sites is 1. The molecule has 34 heavy (non-hydrogen) atoms. The first-order valence-corrected chi connectivity index (χ1v) is 10.8. The summed E-state index contributed by atoms with van der Waals surface area (Å²) in [6.07, 6.45) is 0. The summed E-state index contributed by atoms with van der Waals surface area (Å²) in [7, 11) is 3.11. The highest BCUT2D eigenvalue weighted by molar-refractivity contribution is 6.31. The molecule has 8 nitrogen and oxygen atoms in total. The molecule has 3 aromatic carbocycles. The van der Waals surface area contributed by atoms with E-state index in [4.69, 9.17) is 21.1 Å². The average Bonchev–Trinajstić information content (AvgIpc) is 3.32. The fourth-order valence-corrected chi connectivity index (χ4v) is 4.03. The largest absolute Gasteiger partial charge is 0.497 e. The van der Waals surface area contributed by atoms with Gasteiger partial charge in [-0.3, -0.25) is 9.36 Å². The number of rotatable bonds is 6. The summed E-state index contributed by atoms with van der Waals surface area (Å²) >= 11 is 6.04. The molecule has 0 aliphatic carbocycles. The predicted molar refractivity (Wildman–Crippen MR) is 129 cm³/mol. The Morgan fingerprint density at radius 2 is 1.71 bits per heavy atom. The van der Waals surface area contributed by atoms with E-state index in [0.29, 0.717) is 50.0 Å². The summed E-state index contributed by atoms with van der Waals surface area (Å²) in [5, 5.41) is 5.61. The van der Waals surface area contributed by atoms with Crippen LogP contribution in [0.4, 0.5) is 0 Å². The quantitative estimate of drug-likeness (QED) is 0.342. The van der Waals surface area contributed by atoms with Crippen molar-refractivity contribution < 1.29 is 14.3 Å². The molecule has 5 aromatic rings.